The highest BCUT2D eigenvalue weighted by Gasteiger charge is 2.17. The van der Waals surface area contributed by atoms with Gasteiger partial charge in [0.15, 0.2) is 0 Å². The number of aliphatic hydroxyl groups is 1. The Morgan fingerprint density at radius 2 is 2.00 bits per heavy atom. The van der Waals surface area contributed by atoms with Crippen molar-refractivity contribution < 1.29 is 23.4 Å². The van der Waals surface area contributed by atoms with Crippen molar-refractivity contribution in [3.05, 3.63) is 59.2 Å². The number of carbonyl (C=O) groups is 1. The number of carbonyl (C=O) groups excluding carboxylic acids is 1. The molecular weight excluding hydrogens is 318 g/mol. The minimum absolute atomic E-state index is 0.0957. The summed E-state index contributed by atoms with van der Waals surface area (Å²) in [5.74, 6) is -0.944. The number of hydrogen-bond donors (Lipinski definition) is 3. The molecule has 3 N–H and O–H groups in total. The lowest BCUT2D eigenvalue weighted by molar-refractivity contribution is 0.175. The van der Waals surface area contributed by atoms with Gasteiger partial charge >= 0.3 is 6.03 Å². The molecule has 0 bridgehead atoms. The maximum absolute atomic E-state index is 13.5. The fourth-order valence-electron chi connectivity index (χ4n) is 2.50. The number of amides is 2. The molecule has 0 radical (unpaired) electrons. The van der Waals surface area contributed by atoms with Crippen LogP contribution in [-0.4, -0.2) is 24.3 Å². The van der Waals surface area contributed by atoms with Crippen molar-refractivity contribution in [3.63, 3.8) is 0 Å². The van der Waals surface area contributed by atoms with Crippen LogP contribution in [0.15, 0.2) is 36.4 Å². The Labute approximate surface area is 137 Å². The van der Waals surface area contributed by atoms with Crippen LogP contribution in [0.3, 0.4) is 0 Å². The molecule has 1 heterocycles. The summed E-state index contributed by atoms with van der Waals surface area (Å²) in [6, 6.07) is 7.79. The van der Waals surface area contributed by atoms with E-state index in [-0.39, 0.29) is 6.54 Å². The number of halogens is 2. The zero-order chi connectivity index (χ0) is 17.1. The van der Waals surface area contributed by atoms with Crippen molar-refractivity contribution in [2.45, 2.75) is 12.5 Å². The third-order valence-electron chi connectivity index (χ3n) is 3.76. The Morgan fingerprint density at radius 3 is 2.75 bits per heavy atom. The SMILES string of the molecule is O=C(NCC(O)c1ccc2c(c1)CCO2)Nc1c(F)cccc1F. The minimum atomic E-state index is -0.938. The quantitative estimate of drug-likeness (QED) is 0.805. The maximum atomic E-state index is 13.5. The number of ether oxygens (including phenoxy) is 1. The van der Waals surface area contributed by atoms with Crippen molar-refractivity contribution in [2.75, 3.05) is 18.5 Å². The predicted molar refractivity (Wildman–Crippen MR) is 84.0 cm³/mol. The first-order valence-electron chi connectivity index (χ1n) is 7.47. The second kappa shape index (κ2) is 6.84. The summed E-state index contributed by atoms with van der Waals surface area (Å²) < 4.78 is 32.3. The Morgan fingerprint density at radius 1 is 1.25 bits per heavy atom. The molecule has 1 aliphatic rings. The number of fused-ring (bicyclic) bond motifs is 1. The number of urea groups is 1. The van der Waals surface area contributed by atoms with Gasteiger partial charge in [0.05, 0.1) is 12.7 Å². The molecule has 0 saturated heterocycles. The first kappa shape index (κ1) is 16.2. The first-order valence-corrected chi connectivity index (χ1v) is 7.47. The fraction of sp³-hybridized carbons (Fsp3) is 0.235. The van der Waals surface area contributed by atoms with Gasteiger partial charge in [-0.1, -0.05) is 12.1 Å². The van der Waals surface area contributed by atoms with Gasteiger partial charge in [-0.05, 0) is 35.4 Å². The third-order valence-corrected chi connectivity index (χ3v) is 3.76. The number of hydrogen-bond acceptors (Lipinski definition) is 3. The summed E-state index contributed by atoms with van der Waals surface area (Å²) in [7, 11) is 0. The molecule has 2 amide bonds. The average molecular weight is 334 g/mol. The largest absolute Gasteiger partial charge is 0.493 e. The highest BCUT2D eigenvalue weighted by Crippen LogP contribution is 2.28. The van der Waals surface area contributed by atoms with Crippen LogP contribution >= 0.6 is 0 Å². The van der Waals surface area contributed by atoms with Crippen molar-refractivity contribution in [1.82, 2.24) is 5.32 Å². The van der Waals surface area contributed by atoms with Crippen molar-refractivity contribution in [2.24, 2.45) is 0 Å². The van der Waals surface area contributed by atoms with Gasteiger partial charge in [0.1, 0.15) is 23.1 Å². The zero-order valence-corrected chi connectivity index (χ0v) is 12.7. The van der Waals surface area contributed by atoms with E-state index in [9.17, 15) is 18.7 Å². The van der Waals surface area contributed by atoms with Gasteiger partial charge in [-0.15, -0.1) is 0 Å². The molecule has 1 unspecified atom stereocenters. The van der Waals surface area contributed by atoms with Gasteiger partial charge < -0.3 is 20.5 Å². The summed E-state index contributed by atoms with van der Waals surface area (Å²) in [4.78, 5) is 11.8. The molecule has 1 atom stereocenters. The maximum Gasteiger partial charge on any atom is 0.319 e. The van der Waals surface area contributed by atoms with Crippen LogP contribution in [0.25, 0.3) is 0 Å². The van der Waals surface area contributed by atoms with E-state index < -0.39 is 29.5 Å². The monoisotopic (exact) mass is 334 g/mol. The molecule has 7 heteroatoms. The van der Waals surface area contributed by atoms with Crippen molar-refractivity contribution >= 4 is 11.7 Å². The fourth-order valence-corrected chi connectivity index (χ4v) is 2.50. The average Bonchev–Trinajstić information content (AvgIpc) is 3.03. The van der Waals surface area contributed by atoms with E-state index in [0.717, 1.165) is 29.9 Å². The number of para-hydroxylation sites is 1. The van der Waals surface area contributed by atoms with Crippen molar-refractivity contribution in [1.29, 1.82) is 0 Å². The lowest BCUT2D eigenvalue weighted by Gasteiger charge is -2.14. The minimum Gasteiger partial charge on any atom is -0.493 e. The third kappa shape index (κ3) is 3.46. The van der Waals surface area contributed by atoms with Crippen LogP contribution in [0.4, 0.5) is 19.3 Å². The second-order valence-corrected chi connectivity index (χ2v) is 5.41. The number of rotatable bonds is 4. The van der Waals surface area contributed by atoms with E-state index in [1.165, 1.54) is 6.07 Å². The topological polar surface area (TPSA) is 70.6 Å². The first-order chi connectivity index (χ1) is 11.5. The van der Waals surface area contributed by atoms with Crippen molar-refractivity contribution in [3.8, 4) is 5.75 Å². The van der Waals surface area contributed by atoms with Crippen LogP contribution in [0.1, 0.15) is 17.2 Å². The number of nitrogens with one attached hydrogen (secondary N) is 2. The molecule has 2 aromatic carbocycles. The molecule has 2 aromatic rings. The van der Waals surface area contributed by atoms with Crippen LogP contribution < -0.4 is 15.4 Å². The molecule has 3 rings (SSSR count). The molecule has 0 fully saturated rings. The number of anilines is 1. The molecule has 0 aromatic heterocycles. The van der Waals surface area contributed by atoms with E-state index in [0.29, 0.717) is 12.2 Å². The van der Waals surface area contributed by atoms with Gasteiger partial charge in [0.25, 0.3) is 0 Å². The highest BCUT2D eigenvalue weighted by molar-refractivity contribution is 5.89. The molecule has 0 saturated carbocycles. The summed E-state index contributed by atoms with van der Waals surface area (Å²) in [6.07, 6.45) is -0.164. The van der Waals surface area contributed by atoms with Gasteiger partial charge in [-0.2, -0.15) is 0 Å². The zero-order valence-electron chi connectivity index (χ0n) is 12.7. The molecule has 0 aliphatic carbocycles. The van der Waals surface area contributed by atoms with Crippen LogP contribution in [0.5, 0.6) is 5.75 Å². The lowest BCUT2D eigenvalue weighted by atomic mass is 10.0. The molecule has 5 nitrogen and oxygen atoms in total. The number of aliphatic hydroxyl groups excluding tert-OH is 1. The Kier molecular flexibility index (Phi) is 4.61. The van der Waals surface area contributed by atoms with Crippen LogP contribution in [0.2, 0.25) is 0 Å². The Hall–Kier alpha value is -2.67. The molecule has 126 valence electrons. The van der Waals surface area contributed by atoms with Gasteiger partial charge in [-0.25, -0.2) is 13.6 Å². The van der Waals surface area contributed by atoms with E-state index in [4.69, 9.17) is 4.74 Å². The summed E-state index contributed by atoms with van der Waals surface area (Å²) in [6.45, 7) is 0.519. The molecular formula is C17H16F2N2O3. The van der Waals surface area contributed by atoms with Gasteiger partial charge in [-0.3, -0.25) is 0 Å². The summed E-state index contributed by atoms with van der Waals surface area (Å²) >= 11 is 0. The smallest absolute Gasteiger partial charge is 0.319 e. The predicted octanol–water partition coefficient (Wildman–Crippen LogP) is 2.75. The normalized spacial score (nSPS) is 13.8. The van der Waals surface area contributed by atoms with Gasteiger partial charge in [0, 0.05) is 13.0 Å². The van der Waals surface area contributed by atoms with Crippen LogP contribution in [0, 0.1) is 11.6 Å². The Balaban J connectivity index is 1.58. The standard InChI is InChI=1S/C17H16F2N2O3/c18-12-2-1-3-13(19)16(12)21-17(23)20-9-14(22)10-4-5-15-11(8-10)6-7-24-15/h1-5,8,14,22H,6-7,9H2,(H2,20,21,23). The van der Waals surface area contributed by atoms with Gasteiger partial charge in [0.2, 0.25) is 0 Å². The molecule has 24 heavy (non-hydrogen) atoms. The number of benzene rings is 2. The lowest BCUT2D eigenvalue weighted by Crippen LogP contribution is -2.33. The Bertz CT molecular complexity index is 747. The summed E-state index contributed by atoms with van der Waals surface area (Å²) in [5, 5.41) is 14.6. The van der Waals surface area contributed by atoms with E-state index in [2.05, 4.69) is 10.6 Å². The van der Waals surface area contributed by atoms with E-state index in [1.54, 1.807) is 12.1 Å². The molecule has 1 aliphatic heterocycles. The van der Waals surface area contributed by atoms with E-state index in [1.807, 2.05) is 6.07 Å². The van der Waals surface area contributed by atoms with Crippen LogP contribution in [-0.2, 0) is 6.42 Å². The second-order valence-electron chi connectivity index (χ2n) is 5.41. The summed E-state index contributed by atoms with van der Waals surface area (Å²) in [5.41, 5.74) is 1.11. The highest BCUT2D eigenvalue weighted by atomic mass is 19.1. The van der Waals surface area contributed by atoms with E-state index >= 15 is 0 Å². The molecule has 0 spiro atoms.